The molecule has 0 saturated heterocycles. The van der Waals surface area contributed by atoms with E-state index in [0.717, 1.165) is 19.3 Å². The number of amides is 1. The van der Waals surface area contributed by atoms with Gasteiger partial charge in [0.05, 0.1) is 18.2 Å². The molecule has 1 unspecified atom stereocenters. The Bertz CT molecular complexity index is 739. The van der Waals surface area contributed by atoms with Crippen LogP contribution in [0.4, 0.5) is 4.39 Å². The van der Waals surface area contributed by atoms with Gasteiger partial charge in [-0.25, -0.2) is 4.39 Å². The summed E-state index contributed by atoms with van der Waals surface area (Å²) in [4.78, 5) is 12.5. The number of carbonyl (C=O) groups is 1. The first-order valence-electron chi connectivity index (χ1n) is 8.48. The number of hydrogen-bond acceptors (Lipinski definition) is 3. The van der Waals surface area contributed by atoms with E-state index in [9.17, 15) is 14.3 Å². The Balaban J connectivity index is 1.66. The second kappa shape index (κ2) is 7.23. The predicted molar refractivity (Wildman–Crippen MR) is 93.0 cm³/mol. The van der Waals surface area contributed by atoms with Gasteiger partial charge in [-0.1, -0.05) is 24.3 Å². The van der Waals surface area contributed by atoms with Gasteiger partial charge < -0.3 is 15.2 Å². The summed E-state index contributed by atoms with van der Waals surface area (Å²) in [5.41, 5.74) is -0.315. The van der Waals surface area contributed by atoms with Crippen molar-refractivity contribution in [3.63, 3.8) is 0 Å². The molecule has 1 fully saturated rings. The minimum Gasteiger partial charge on any atom is -0.490 e. The zero-order chi connectivity index (χ0) is 17.9. The topological polar surface area (TPSA) is 58.6 Å². The predicted octanol–water partition coefficient (Wildman–Crippen LogP) is 3.39. The molecule has 5 heteroatoms. The van der Waals surface area contributed by atoms with Crippen molar-refractivity contribution in [1.82, 2.24) is 5.32 Å². The Morgan fingerprint density at radius 1 is 1.24 bits per heavy atom. The maximum atomic E-state index is 13.0. The van der Waals surface area contributed by atoms with Gasteiger partial charge in [-0.3, -0.25) is 4.79 Å². The van der Waals surface area contributed by atoms with Crippen LogP contribution in [0.3, 0.4) is 0 Å². The largest absolute Gasteiger partial charge is 0.490 e. The van der Waals surface area contributed by atoms with Crippen LogP contribution >= 0.6 is 0 Å². The third kappa shape index (κ3) is 4.17. The van der Waals surface area contributed by atoms with E-state index in [2.05, 4.69) is 5.32 Å². The van der Waals surface area contributed by atoms with Crippen LogP contribution in [0.2, 0.25) is 0 Å². The number of benzene rings is 2. The fourth-order valence-corrected chi connectivity index (χ4v) is 2.68. The summed E-state index contributed by atoms with van der Waals surface area (Å²) >= 11 is 0. The van der Waals surface area contributed by atoms with Crippen molar-refractivity contribution in [3.8, 4) is 5.75 Å². The van der Waals surface area contributed by atoms with Crippen LogP contribution in [0, 0.1) is 5.82 Å². The third-order valence-electron chi connectivity index (χ3n) is 4.54. The molecule has 4 nitrogen and oxygen atoms in total. The lowest BCUT2D eigenvalue weighted by Crippen LogP contribution is -2.39. The monoisotopic (exact) mass is 343 g/mol. The molecule has 132 valence electrons. The smallest absolute Gasteiger partial charge is 0.255 e. The molecular weight excluding hydrogens is 321 g/mol. The number of carbonyl (C=O) groups excluding carboxylic acids is 1. The summed E-state index contributed by atoms with van der Waals surface area (Å²) in [5, 5.41) is 13.3. The number of para-hydroxylation sites is 1. The molecule has 0 aromatic heterocycles. The maximum Gasteiger partial charge on any atom is 0.255 e. The van der Waals surface area contributed by atoms with E-state index in [-0.39, 0.29) is 24.4 Å². The molecule has 0 spiro atoms. The number of halogens is 1. The normalized spacial score (nSPS) is 16.6. The van der Waals surface area contributed by atoms with Crippen molar-refractivity contribution in [1.29, 1.82) is 0 Å². The lowest BCUT2D eigenvalue weighted by molar-refractivity contribution is 0.0522. The first-order chi connectivity index (χ1) is 12.0. The molecule has 3 rings (SSSR count). The van der Waals surface area contributed by atoms with E-state index in [0.29, 0.717) is 16.9 Å². The van der Waals surface area contributed by atoms with Crippen LogP contribution in [0.5, 0.6) is 5.75 Å². The van der Waals surface area contributed by atoms with Crippen LogP contribution in [0.15, 0.2) is 48.5 Å². The third-order valence-corrected chi connectivity index (χ3v) is 4.54. The van der Waals surface area contributed by atoms with Crippen molar-refractivity contribution in [2.75, 3.05) is 6.54 Å². The van der Waals surface area contributed by atoms with E-state index in [1.165, 1.54) is 24.3 Å². The molecule has 1 atom stereocenters. The molecular formula is C20H22FNO3. The van der Waals surface area contributed by atoms with Gasteiger partial charge in [-0.05, 0) is 56.0 Å². The number of hydrogen-bond donors (Lipinski definition) is 2. The molecule has 0 radical (unpaired) electrons. The summed E-state index contributed by atoms with van der Waals surface area (Å²) < 4.78 is 18.9. The van der Waals surface area contributed by atoms with Crippen molar-refractivity contribution in [2.45, 2.75) is 37.9 Å². The molecule has 1 aliphatic carbocycles. The van der Waals surface area contributed by atoms with E-state index in [1.54, 1.807) is 25.1 Å². The minimum atomic E-state index is -1.30. The Morgan fingerprint density at radius 3 is 2.56 bits per heavy atom. The molecule has 0 aliphatic heterocycles. The zero-order valence-electron chi connectivity index (χ0n) is 14.2. The van der Waals surface area contributed by atoms with Gasteiger partial charge in [-0.15, -0.1) is 0 Å². The summed E-state index contributed by atoms with van der Waals surface area (Å²) in [7, 11) is 0. The molecule has 1 saturated carbocycles. The Hall–Kier alpha value is -2.40. The van der Waals surface area contributed by atoms with Crippen molar-refractivity contribution in [3.05, 3.63) is 65.5 Å². The number of rotatable bonds is 6. The van der Waals surface area contributed by atoms with Crippen LogP contribution in [0.25, 0.3) is 0 Å². The second-order valence-electron chi connectivity index (χ2n) is 6.63. The first-order valence-corrected chi connectivity index (χ1v) is 8.48. The summed E-state index contributed by atoms with van der Waals surface area (Å²) in [6.07, 6.45) is 3.35. The zero-order valence-corrected chi connectivity index (χ0v) is 14.2. The van der Waals surface area contributed by atoms with Gasteiger partial charge in [0.2, 0.25) is 0 Å². The van der Waals surface area contributed by atoms with E-state index in [4.69, 9.17) is 4.74 Å². The highest BCUT2D eigenvalue weighted by atomic mass is 19.1. The van der Waals surface area contributed by atoms with Gasteiger partial charge in [-0.2, -0.15) is 0 Å². The van der Waals surface area contributed by atoms with Crippen LogP contribution in [0.1, 0.15) is 42.1 Å². The fourth-order valence-electron chi connectivity index (χ4n) is 2.68. The standard InChI is InChI=1S/C20H22FNO3/c1-20(24,14-9-11-15(21)12-10-14)13-22-19(23)17-7-2-3-8-18(17)25-16-5-4-6-16/h2-3,7-12,16,24H,4-6,13H2,1H3,(H,22,23). The average Bonchev–Trinajstić information content (AvgIpc) is 2.57. The average molecular weight is 343 g/mol. The highest BCUT2D eigenvalue weighted by molar-refractivity contribution is 5.96. The second-order valence-corrected chi connectivity index (χ2v) is 6.63. The molecule has 1 amide bonds. The lowest BCUT2D eigenvalue weighted by Gasteiger charge is -2.28. The van der Waals surface area contributed by atoms with Crippen LogP contribution < -0.4 is 10.1 Å². The van der Waals surface area contributed by atoms with Gasteiger partial charge in [0.15, 0.2) is 0 Å². The van der Waals surface area contributed by atoms with Crippen molar-refractivity contribution < 1.29 is 19.0 Å². The molecule has 0 heterocycles. The molecule has 2 aromatic carbocycles. The van der Waals surface area contributed by atoms with E-state index >= 15 is 0 Å². The number of ether oxygens (including phenoxy) is 1. The molecule has 2 N–H and O–H groups in total. The van der Waals surface area contributed by atoms with E-state index in [1.807, 2.05) is 6.07 Å². The van der Waals surface area contributed by atoms with Gasteiger partial charge >= 0.3 is 0 Å². The molecule has 25 heavy (non-hydrogen) atoms. The fraction of sp³-hybridized carbons (Fsp3) is 0.350. The summed E-state index contributed by atoms with van der Waals surface area (Å²) in [6, 6.07) is 12.7. The van der Waals surface area contributed by atoms with Crippen LogP contribution in [-0.2, 0) is 5.60 Å². The Labute approximate surface area is 146 Å². The Kier molecular flexibility index (Phi) is 5.04. The number of aliphatic hydroxyl groups is 1. The quantitative estimate of drug-likeness (QED) is 0.845. The maximum absolute atomic E-state index is 13.0. The minimum absolute atomic E-state index is 0.00916. The van der Waals surface area contributed by atoms with Crippen LogP contribution in [-0.4, -0.2) is 23.7 Å². The van der Waals surface area contributed by atoms with Crippen molar-refractivity contribution in [2.24, 2.45) is 0 Å². The van der Waals surface area contributed by atoms with Gasteiger partial charge in [0.1, 0.15) is 17.2 Å². The SMILES string of the molecule is CC(O)(CNC(=O)c1ccccc1OC1CCC1)c1ccc(F)cc1. The van der Waals surface area contributed by atoms with Gasteiger partial charge in [0.25, 0.3) is 5.91 Å². The molecule has 1 aliphatic rings. The molecule has 2 aromatic rings. The first kappa shape index (κ1) is 17.4. The summed E-state index contributed by atoms with van der Waals surface area (Å²) in [6.45, 7) is 1.59. The molecule has 0 bridgehead atoms. The lowest BCUT2D eigenvalue weighted by atomic mass is 9.95. The van der Waals surface area contributed by atoms with Gasteiger partial charge in [0, 0.05) is 0 Å². The van der Waals surface area contributed by atoms with E-state index < -0.39 is 5.60 Å². The highest BCUT2D eigenvalue weighted by Crippen LogP contribution is 2.28. The van der Waals surface area contributed by atoms with Crippen molar-refractivity contribution >= 4 is 5.91 Å². The summed E-state index contributed by atoms with van der Waals surface area (Å²) in [5.74, 6) is -0.117. The Morgan fingerprint density at radius 2 is 1.92 bits per heavy atom. The number of nitrogens with one attached hydrogen (secondary N) is 1. The highest BCUT2D eigenvalue weighted by Gasteiger charge is 2.26.